The number of halogens is 1. The molecule has 1 aliphatic heterocycles. The highest BCUT2D eigenvalue weighted by atomic mass is 35.5. The van der Waals surface area contributed by atoms with Crippen LogP contribution in [0.2, 0.25) is 5.02 Å². The molecule has 1 fully saturated rings. The van der Waals surface area contributed by atoms with Crippen LogP contribution >= 0.6 is 22.9 Å². The van der Waals surface area contributed by atoms with E-state index in [-0.39, 0.29) is 5.91 Å². The monoisotopic (exact) mass is 346 g/mol. The minimum absolute atomic E-state index is 0.0236. The summed E-state index contributed by atoms with van der Waals surface area (Å²) < 4.78 is 6.36. The lowest BCUT2D eigenvalue weighted by Crippen LogP contribution is -2.37. The van der Waals surface area contributed by atoms with Crippen molar-refractivity contribution in [2.24, 2.45) is 0 Å². The number of hydrogen-bond acceptors (Lipinski definition) is 4. The van der Waals surface area contributed by atoms with Crippen LogP contribution in [0.25, 0.3) is 10.2 Å². The van der Waals surface area contributed by atoms with Gasteiger partial charge in [0, 0.05) is 24.0 Å². The maximum Gasteiger partial charge on any atom is 0.289 e. The predicted molar refractivity (Wildman–Crippen MR) is 91.2 cm³/mol. The Morgan fingerprint density at radius 3 is 2.87 bits per heavy atom. The molecule has 0 bridgehead atoms. The molecule has 4 nitrogen and oxygen atoms in total. The Bertz CT molecular complexity index is 836. The topological polar surface area (TPSA) is 46.3 Å². The highest BCUT2D eigenvalue weighted by Crippen LogP contribution is 2.34. The van der Waals surface area contributed by atoms with E-state index in [0.717, 1.165) is 36.5 Å². The second-order valence-electron chi connectivity index (χ2n) is 5.71. The summed E-state index contributed by atoms with van der Waals surface area (Å²) in [4.78, 5) is 18.9. The molecule has 0 N–H and O–H groups in total. The molecule has 0 aliphatic carbocycles. The number of piperidine rings is 1. The summed E-state index contributed by atoms with van der Waals surface area (Å²) in [6.45, 7) is 1.47. The molecule has 4 rings (SSSR count). The van der Waals surface area contributed by atoms with Gasteiger partial charge in [-0.3, -0.25) is 4.79 Å². The lowest BCUT2D eigenvalue weighted by Gasteiger charge is -2.30. The summed E-state index contributed by atoms with van der Waals surface area (Å²) in [6.07, 6.45) is 3.40. The second kappa shape index (κ2) is 5.98. The third-order valence-corrected chi connectivity index (χ3v) is 5.66. The number of carbonyl (C=O) groups excluding carboxylic acids is 1. The van der Waals surface area contributed by atoms with Gasteiger partial charge in [0.1, 0.15) is 0 Å². The maximum absolute atomic E-state index is 12.3. The van der Waals surface area contributed by atoms with E-state index in [4.69, 9.17) is 21.0 Å². The number of furan rings is 1. The Morgan fingerprint density at radius 2 is 2.13 bits per heavy atom. The lowest BCUT2D eigenvalue weighted by atomic mass is 9.97. The molecule has 23 heavy (non-hydrogen) atoms. The normalized spacial score (nSPS) is 16.1. The number of amides is 1. The largest absolute Gasteiger partial charge is 0.459 e. The highest BCUT2D eigenvalue weighted by molar-refractivity contribution is 7.18. The summed E-state index contributed by atoms with van der Waals surface area (Å²) in [5.74, 6) is 0.800. The van der Waals surface area contributed by atoms with Crippen LogP contribution in [-0.2, 0) is 0 Å². The highest BCUT2D eigenvalue weighted by Gasteiger charge is 2.27. The van der Waals surface area contributed by atoms with E-state index in [1.807, 2.05) is 23.1 Å². The number of aromatic nitrogens is 1. The maximum atomic E-state index is 12.3. The van der Waals surface area contributed by atoms with Crippen molar-refractivity contribution in [1.82, 2.24) is 9.88 Å². The molecule has 0 atom stereocenters. The predicted octanol–water partition coefficient (Wildman–Crippen LogP) is 4.56. The summed E-state index contributed by atoms with van der Waals surface area (Å²) in [7, 11) is 0. The van der Waals surface area contributed by atoms with Gasteiger partial charge in [0.2, 0.25) is 0 Å². The summed E-state index contributed by atoms with van der Waals surface area (Å²) >= 11 is 7.76. The average molecular weight is 347 g/mol. The van der Waals surface area contributed by atoms with E-state index in [0.29, 0.717) is 16.7 Å². The summed E-state index contributed by atoms with van der Waals surface area (Å²) in [5, 5.41) is 1.86. The summed E-state index contributed by atoms with van der Waals surface area (Å²) in [6, 6.07) is 9.29. The average Bonchev–Trinajstić information content (AvgIpc) is 3.23. The van der Waals surface area contributed by atoms with E-state index in [1.54, 1.807) is 23.5 Å². The molecule has 1 aromatic carbocycles. The van der Waals surface area contributed by atoms with Crippen molar-refractivity contribution in [3.63, 3.8) is 0 Å². The Balaban J connectivity index is 1.47. The molecule has 118 valence electrons. The van der Waals surface area contributed by atoms with Crippen molar-refractivity contribution >= 4 is 39.1 Å². The smallest absolute Gasteiger partial charge is 0.289 e. The van der Waals surface area contributed by atoms with Gasteiger partial charge >= 0.3 is 0 Å². The molecule has 6 heteroatoms. The second-order valence-corrected chi connectivity index (χ2v) is 7.21. The minimum atomic E-state index is -0.0236. The molecule has 1 saturated heterocycles. The van der Waals surface area contributed by atoms with Crippen molar-refractivity contribution < 1.29 is 9.21 Å². The van der Waals surface area contributed by atoms with Crippen molar-refractivity contribution in [2.45, 2.75) is 18.8 Å². The molecule has 1 aliphatic rings. The van der Waals surface area contributed by atoms with Gasteiger partial charge in [-0.15, -0.1) is 11.3 Å². The number of nitrogens with zero attached hydrogens (tertiary/aromatic N) is 2. The van der Waals surface area contributed by atoms with Gasteiger partial charge in [0.25, 0.3) is 5.91 Å². The first-order valence-corrected chi connectivity index (χ1v) is 8.79. The van der Waals surface area contributed by atoms with Crippen LogP contribution in [0.1, 0.15) is 34.3 Å². The zero-order valence-electron chi connectivity index (χ0n) is 12.4. The van der Waals surface area contributed by atoms with Crippen LogP contribution in [-0.4, -0.2) is 28.9 Å². The Morgan fingerprint density at radius 1 is 1.30 bits per heavy atom. The van der Waals surface area contributed by atoms with Gasteiger partial charge < -0.3 is 9.32 Å². The number of fused-ring (bicyclic) bond motifs is 1. The zero-order valence-corrected chi connectivity index (χ0v) is 13.9. The third kappa shape index (κ3) is 2.86. The molecular weight excluding hydrogens is 332 g/mol. The number of benzene rings is 1. The van der Waals surface area contributed by atoms with Crippen molar-refractivity contribution in [1.29, 1.82) is 0 Å². The Kier molecular flexibility index (Phi) is 3.83. The fourth-order valence-electron chi connectivity index (χ4n) is 2.98. The van der Waals surface area contributed by atoms with E-state index in [1.165, 1.54) is 11.0 Å². The molecule has 3 aromatic rings. The van der Waals surface area contributed by atoms with Crippen LogP contribution in [0.3, 0.4) is 0 Å². The van der Waals surface area contributed by atoms with Gasteiger partial charge in [0.05, 0.1) is 21.5 Å². The standard InChI is InChI=1S/C17H15ClN2O2S/c18-12-3-4-15-13(10-12)19-16(23-15)11-5-7-20(8-6-11)17(21)14-2-1-9-22-14/h1-4,9-11H,5-8H2. The number of hydrogen-bond donors (Lipinski definition) is 0. The molecule has 3 heterocycles. The SMILES string of the molecule is O=C(c1ccco1)N1CCC(c2nc3cc(Cl)ccc3s2)CC1. The summed E-state index contributed by atoms with van der Waals surface area (Å²) in [5.41, 5.74) is 0.964. The van der Waals surface area contributed by atoms with Gasteiger partial charge in [0.15, 0.2) is 5.76 Å². The van der Waals surface area contributed by atoms with E-state index in [9.17, 15) is 4.79 Å². The van der Waals surface area contributed by atoms with E-state index < -0.39 is 0 Å². The molecule has 0 spiro atoms. The molecule has 0 unspecified atom stereocenters. The Labute approximate surface area is 142 Å². The van der Waals surface area contributed by atoms with Crippen molar-refractivity contribution in [3.8, 4) is 0 Å². The first-order valence-electron chi connectivity index (χ1n) is 7.59. The molecule has 0 radical (unpaired) electrons. The fourth-order valence-corrected chi connectivity index (χ4v) is 4.26. The number of thiazole rings is 1. The molecular formula is C17H15ClN2O2S. The molecule has 1 amide bonds. The van der Waals surface area contributed by atoms with Crippen LogP contribution < -0.4 is 0 Å². The quantitative estimate of drug-likeness (QED) is 0.683. The first kappa shape index (κ1) is 14.7. The number of rotatable bonds is 2. The number of carbonyl (C=O) groups is 1. The van der Waals surface area contributed by atoms with Gasteiger partial charge in [-0.05, 0) is 43.2 Å². The van der Waals surface area contributed by atoms with Crippen LogP contribution in [0.15, 0.2) is 41.0 Å². The van der Waals surface area contributed by atoms with E-state index in [2.05, 4.69) is 0 Å². The van der Waals surface area contributed by atoms with Gasteiger partial charge in [-0.25, -0.2) is 4.98 Å². The third-order valence-electron chi connectivity index (χ3n) is 4.23. The van der Waals surface area contributed by atoms with Gasteiger partial charge in [-0.2, -0.15) is 0 Å². The Hall–Kier alpha value is -1.85. The molecule has 0 saturated carbocycles. The fraction of sp³-hybridized carbons (Fsp3) is 0.294. The number of likely N-dealkylation sites (tertiary alicyclic amines) is 1. The molecule has 2 aromatic heterocycles. The van der Waals surface area contributed by atoms with Crippen molar-refractivity contribution in [2.75, 3.05) is 13.1 Å². The van der Waals surface area contributed by atoms with Crippen LogP contribution in [0, 0.1) is 0 Å². The van der Waals surface area contributed by atoms with Crippen LogP contribution in [0.5, 0.6) is 0 Å². The van der Waals surface area contributed by atoms with Crippen LogP contribution in [0.4, 0.5) is 0 Å². The van der Waals surface area contributed by atoms with Gasteiger partial charge in [-0.1, -0.05) is 11.6 Å². The lowest BCUT2D eigenvalue weighted by molar-refractivity contribution is 0.0681. The zero-order chi connectivity index (χ0) is 15.8. The van der Waals surface area contributed by atoms with E-state index >= 15 is 0 Å². The first-order chi connectivity index (χ1) is 11.2. The van der Waals surface area contributed by atoms with Crippen molar-refractivity contribution in [3.05, 3.63) is 52.4 Å². The minimum Gasteiger partial charge on any atom is -0.459 e.